The molecule has 0 atom stereocenters. The van der Waals surface area contributed by atoms with E-state index in [0.29, 0.717) is 11.3 Å². The van der Waals surface area contributed by atoms with Crippen LogP contribution >= 0.6 is 0 Å². The number of aromatic nitrogens is 2. The van der Waals surface area contributed by atoms with Crippen molar-refractivity contribution in [2.45, 2.75) is 6.54 Å². The standard InChI is InChI=1S/C11H11FN4O/c12-9-1-2-10(7(3-9)4-13)16-6-8(5-15-16)11(14)17/h1-3,5-6H,4,13H2,(H2,14,17). The molecule has 0 aliphatic carbocycles. The normalized spacial score (nSPS) is 10.5. The average Bonchev–Trinajstić information content (AvgIpc) is 2.78. The van der Waals surface area contributed by atoms with Crippen molar-refractivity contribution in [1.82, 2.24) is 9.78 Å². The van der Waals surface area contributed by atoms with Gasteiger partial charge in [0.15, 0.2) is 0 Å². The quantitative estimate of drug-likeness (QED) is 0.813. The van der Waals surface area contributed by atoms with E-state index in [1.807, 2.05) is 0 Å². The Balaban J connectivity index is 2.48. The molecule has 1 aromatic heterocycles. The molecule has 4 N–H and O–H groups in total. The molecule has 0 aliphatic heterocycles. The summed E-state index contributed by atoms with van der Waals surface area (Å²) in [5.74, 6) is -0.927. The minimum atomic E-state index is -0.562. The molecule has 0 unspecified atom stereocenters. The van der Waals surface area contributed by atoms with Crippen molar-refractivity contribution >= 4 is 5.91 Å². The van der Waals surface area contributed by atoms with Gasteiger partial charge in [0, 0.05) is 12.7 Å². The molecule has 17 heavy (non-hydrogen) atoms. The third-order valence-corrected chi connectivity index (χ3v) is 2.38. The molecule has 2 aromatic rings. The summed E-state index contributed by atoms with van der Waals surface area (Å²) in [4.78, 5) is 10.9. The summed E-state index contributed by atoms with van der Waals surface area (Å²) in [6.45, 7) is 0.179. The molecular weight excluding hydrogens is 223 g/mol. The molecule has 1 aromatic carbocycles. The second-order valence-corrected chi connectivity index (χ2v) is 3.51. The summed E-state index contributed by atoms with van der Waals surface area (Å²) in [7, 11) is 0. The van der Waals surface area contributed by atoms with Crippen molar-refractivity contribution in [3.63, 3.8) is 0 Å². The van der Waals surface area contributed by atoms with Crippen LogP contribution in [0.5, 0.6) is 0 Å². The van der Waals surface area contributed by atoms with Crippen molar-refractivity contribution in [2.75, 3.05) is 0 Å². The number of carbonyl (C=O) groups is 1. The van der Waals surface area contributed by atoms with Gasteiger partial charge in [0.2, 0.25) is 0 Å². The molecule has 1 heterocycles. The predicted molar refractivity (Wildman–Crippen MR) is 59.9 cm³/mol. The van der Waals surface area contributed by atoms with Crippen molar-refractivity contribution < 1.29 is 9.18 Å². The van der Waals surface area contributed by atoms with Crippen LogP contribution < -0.4 is 11.5 Å². The van der Waals surface area contributed by atoms with E-state index in [1.54, 1.807) is 6.07 Å². The monoisotopic (exact) mass is 234 g/mol. The molecule has 1 amide bonds. The van der Waals surface area contributed by atoms with Gasteiger partial charge >= 0.3 is 0 Å². The highest BCUT2D eigenvalue weighted by Crippen LogP contribution is 2.15. The van der Waals surface area contributed by atoms with Gasteiger partial charge in [-0.2, -0.15) is 5.10 Å². The molecular formula is C11H11FN4O. The van der Waals surface area contributed by atoms with Crippen molar-refractivity contribution in [1.29, 1.82) is 0 Å². The minimum Gasteiger partial charge on any atom is -0.366 e. The summed E-state index contributed by atoms with van der Waals surface area (Å²) >= 11 is 0. The molecule has 0 radical (unpaired) electrons. The molecule has 0 aliphatic rings. The molecule has 0 spiro atoms. The topological polar surface area (TPSA) is 86.9 Å². The van der Waals surface area contributed by atoms with Crippen molar-refractivity contribution in [3.05, 3.63) is 47.5 Å². The van der Waals surface area contributed by atoms with E-state index >= 15 is 0 Å². The van der Waals surface area contributed by atoms with Crippen LogP contribution in [0.15, 0.2) is 30.6 Å². The smallest absolute Gasteiger partial charge is 0.251 e. The van der Waals surface area contributed by atoms with Crippen LogP contribution in [-0.4, -0.2) is 15.7 Å². The average molecular weight is 234 g/mol. The Hall–Kier alpha value is -2.21. The molecule has 0 saturated carbocycles. The van der Waals surface area contributed by atoms with Crippen LogP contribution in [0.2, 0.25) is 0 Å². The second kappa shape index (κ2) is 4.34. The fourth-order valence-corrected chi connectivity index (χ4v) is 1.52. The van der Waals surface area contributed by atoms with E-state index in [-0.39, 0.29) is 17.9 Å². The molecule has 0 saturated heterocycles. The SMILES string of the molecule is NCc1cc(F)ccc1-n1cc(C(N)=O)cn1. The highest BCUT2D eigenvalue weighted by molar-refractivity contribution is 5.92. The Labute approximate surface area is 96.8 Å². The maximum Gasteiger partial charge on any atom is 0.251 e. The Bertz CT molecular complexity index is 564. The Morgan fingerprint density at radius 1 is 1.47 bits per heavy atom. The van der Waals surface area contributed by atoms with Crippen LogP contribution in [-0.2, 0) is 6.54 Å². The van der Waals surface area contributed by atoms with Gasteiger partial charge in [-0.3, -0.25) is 4.79 Å². The zero-order valence-electron chi connectivity index (χ0n) is 8.93. The Morgan fingerprint density at radius 3 is 2.82 bits per heavy atom. The van der Waals surface area contributed by atoms with Gasteiger partial charge in [-0.15, -0.1) is 0 Å². The van der Waals surface area contributed by atoms with Crippen LogP contribution in [0.1, 0.15) is 15.9 Å². The maximum atomic E-state index is 13.0. The molecule has 6 heteroatoms. The summed E-state index contributed by atoms with van der Waals surface area (Å²) in [5, 5.41) is 3.98. The number of carbonyl (C=O) groups excluding carboxylic acids is 1. The van der Waals surface area contributed by atoms with E-state index in [4.69, 9.17) is 11.5 Å². The molecule has 88 valence electrons. The first kappa shape index (κ1) is 11.3. The highest BCUT2D eigenvalue weighted by Gasteiger charge is 2.09. The first-order chi connectivity index (χ1) is 8.11. The third kappa shape index (κ3) is 2.16. The number of halogens is 1. The Morgan fingerprint density at radius 2 is 2.24 bits per heavy atom. The summed E-state index contributed by atoms with van der Waals surface area (Å²) in [6.07, 6.45) is 2.83. The van der Waals surface area contributed by atoms with E-state index in [2.05, 4.69) is 5.10 Å². The molecule has 2 rings (SSSR count). The van der Waals surface area contributed by atoms with E-state index in [1.165, 1.54) is 29.2 Å². The van der Waals surface area contributed by atoms with Gasteiger partial charge in [-0.25, -0.2) is 9.07 Å². The lowest BCUT2D eigenvalue weighted by atomic mass is 10.1. The van der Waals surface area contributed by atoms with Gasteiger partial charge in [0.1, 0.15) is 5.82 Å². The lowest BCUT2D eigenvalue weighted by Gasteiger charge is -2.07. The van der Waals surface area contributed by atoms with Gasteiger partial charge in [0.05, 0.1) is 17.4 Å². The van der Waals surface area contributed by atoms with Crippen LogP contribution in [0.3, 0.4) is 0 Å². The van der Waals surface area contributed by atoms with E-state index in [0.717, 1.165) is 0 Å². The molecule has 0 fully saturated rings. The highest BCUT2D eigenvalue weighted by atomic mass is 19.1. The van der Waals surface area contributed by atoms with Crippen LogP contribution in [0.4, 0.5) is 4.39 Å². The number of nitrogens with zero attached hydrogens (tertiary/aromatic N) is 2. The number of benzene rings is 1. The number of hydrogen-bond donors (Lipinski definition) is 2. The number of nitrogens with two attached hydrogens (primary N) is 2. The second-order valence-electron chi connectivity index (χ2n) is 3.51. The van der Waals surface area contributed by atoms with Gasteiger partial charge in [-0.05, 0) is 23.8 Å². The lowest BCUT2D eigenvalue weighted by Crippen LogP contribution is -2.10. The largest absolute Gasteiger partial charge is 0.366 e. The zero-order valence-corrected chi connectivity index (χ0v) is 8.93. The minimum absolute atomic E-state index is 0.179. The van der Waals surface area contributed by atoms with E-state index < -0.39 is 5.91 Å². The number of hydrogen-bond acceptors (Lipinski definition) is 3. The summed E-state index contributed by atoms with van der Waals surface area (Å²) in [5.41, 5.74) is 12.2. The predicted octanol–water partition coefficient (Wildman–Crippen LogP) is 0.569. The summed E-state index contributed by atoms with van der Waals surface area (Å²) in [6, 6.07) is 4.19. The first-order valence-corrected chi connectivity index (χ1v) is 4.95. The third-order valence-electron chi connectivity index (χ3n) is 2.38. The number of rotatable bonds is 3. The fraction of sp³-hybridized carbons (Fsp3) is 0.0909. The summed E-state index contributed by atoms with van der Waals surface area (Å²) < 4.78 is 14.5. The number of primary amides is 1. The maximum absolute atomic E-state index is 13.0. The van der Waals surface area contributed by atoms with Crippen LogP contribution in [0.25, 0.3) is 5.69 Å². The van der Waals surface area contributed by atoms with E-state index in [9.17, 15) is 9.18 Å². The zero-order chi connectivity index (χ0) is 12.4. The van der Waals surface area contributed by atoms with Gasteiger partial charge in [-0.1, -0.05) is 0 Å². The number of amides is 1. The van der Waals surface area contributed by atoms with Gasteiger partial charge in [0.25, 0.3) is 5.91 Å². The van der Waals surface area contributed by atoms with Gasteiger partial charge < -0.3 is 11.5 Å². The Kier molecular flexibility index (Phi) is 2.88. The van der Waals surface area contributed by atoms with Crippen molar-refractivity contribution in [3.8, 4) is 5.69 Å². The fourth-order valence-electron chi connectivity index (χ4n) is 1.52. The first-order valence-electron chi connectivity index (χ1n) is 4.95. The van der Waals surface area contributed by atoms with Crippen LogP contribution in [0, 0.1) is 5.82 Å². The molecule has 5 nitrogen and oxygen atoms in total. The lowest BCUT2D eigenvalue weighted by molar-refractivity contribution is 0.100. The molecule has 0 bridgehead atoms. The van der Waals surface area contributed by atoms with Crippen molar-refractivity contribution in [2.24, 2.45) is 11.5 Å².